The molecular weight excluding hydrogens is 274 g/mol. The van der Waals surface area contributed by atoms with Crippen molar-refractivity contribution in [2.24, 2.45) is 7.05 Å². The highest BCUT2D eigenvalue weighted by Crippen LogP contribution is 2.25. The zero-order chi connectivity index (χ0) is 11.7. The largest absolute Gasteiger partial charge is 0.477 e. The second-order valence-corrected chi connectivity index (χ2v) is 3.94. The summed E-state index contributed by atoms with van der Waals surface area (Å²) in [5.74, 6) is -0.999. The smallest absolute Gasteiger partial charge is 0.354 e. The maximum Gasteiger partial charge on any atom is 0.354 e. The first-order valence-electron chi connectivity index (χ1n) is 4.48. The molecule has 16 heavy (non-hydrogen) atoms. The lowest BCUT2D eigenvalue weighted by Gasteiger charge is -1.97. The number of halogens is 1. The number of pyridine rings is 1. The van der Waals surface area contributed by atoms with Gasteiger partial charge in [0.2, 0.25) is 0 Å². The van der Waals surface area contributed by atoms with Gasteiger partial charge in [-0.15, -0.1) is 0 Å². The van der Waals surface area contributed by atoms with Gasteiger partial charge in [0.15, 0.2) is 0 Å². The van der Waals surface area contributed by atoms with Crippen LogP contribution in [0.1, 0.15) is 10.5 Å². The van der Waals surface area contributed by atoms with Crippen LogP contribution in [0.3, 0.4) is 0 Å². The van der Waals surface area contributed by atoms with Gasteiger partial charge in [-0.05, 0) is 34.1 Å². The zero-order valence-electron chi connectivity index (χ0n) is 8.38. The number of aromatic carboxylic acids is 1. The Morgan fingerprint density at radius 1 is 1.56 bits per heavy atom. The number of carboxylic acid groups (broad SMARTS) is 1. The molecule has 0 saturated carbocycles. The van der Waals surface area contributed by atoms with Crippen LogP contribution in [-0.2, 0) is 7.05 Å². The van der Waals surface area contributed by atoms with Gasteiger partial charge >= 0.3 is 5.97 Å². The lowest BCUT2D eigenvalue weighted by Crippen LogP contribution is -2.04. The van der Waals surface area contributed by atoms with Crippen molar-refractivity contribution >= 4 is 21.9 Å². The van der Waals surface area contributed by atoms with Gasteiger partial charge in [-0.25, -0.2) is 9.78 Å². The molecule has 1 N–H and O–H groups in total. The van der Waals surface area contributed by atoms with Gasteiger partial charge in [-0.3, -0.25) is 4.68 Å². The van der Waals surface area contributed by atoms with E-state index in [-0.39, 0.29) is 5.69 Å². The molecule has 0 bridgehead atoms. The number of carboxylic acids is 1. The molecule has 82 valence electrons. The first-order valence-corrected chi connectivity index (χ1v) is 5.27. The highest BCUT2D eigenvalue weighted by molar-refractivity contribution is 9.10. The molecule has 0 atom stereocenters. The highest BCUT2D eigenvalue weighted by atomic mass is 79.9. The summed E-state index contributed by atoms with van der Waals surface area (Å²) in [5.41, 5.74) is 1.50. The number of hydrogen-bond donors (Lipinski definition) is 1. The van der Waals surface area contributed by atoms with Gasteiger partial charge in [0.1, 0.15) is 10.3 Å². The Bertz CT molecular complexity index is 551. The summed E-state index contributed by atoms with van der Waals surface area (Å²) in [5, 5.41) is 13.0. The first kappa shape index (κ1) is 10.8. The van der Waals surface area contributed by atoms with Crippen molar-refractivity contribution < 1.29 is 9.90 Å². The quantitative estimate of drug-likeness (QED) is 0.855. The minimum Gasteiger partial charge on any atom is -0.477 e. The molecule has 6 heteroatoms. The van der Waals surface area contributed by atoms with Gasteiger partial charge in [0.05, 0.1) is 5.69 Å². The Kier molecular flexibility index (Phi) is 2.74. The molecule has 0 aliphatic heterocycles. The molecule has 0 spiro atoms. The van der Waals surface area contributed by atoms with Crippen molar-refractivity contribution in [1.82, 2.24) is 14.8 Å². The summed E-state index contributed by atoms with van der Waals surface area (Å²) in [6, 6.07) is 5.12. The lowest BCUT2D eigenvalue weighted by molar-refractivity contribution is 0.0685. The molecule has 0 unspecified atom stereocenters. The number of hydrogen-bond acceptors (Lipinski definition) is 3. The Morgan fingerprint density at radius 2 is 2.31 bits per heavy atom. The average molecular weight is 282 g/mol. The van der Waals surface area contributed by atoms with E-state index in [2.05, 4.69) is 26.0 Å². The number of aryl methyl sites for hydroxylation is 1. The summed E-state index contributed by atoms with van der Waals surface area (Å²) >= 11 is 3.30. The summed E-state index contributed by atoms with van der Waals surface area (Å²) in [7, 11) is 1.59. The van der Waals surface area contributed by atoms with Crippen LogP contribution >= 0.6 is 15.9 Å². The van der Waals surface area contributed by atoms with Crippen LogP contribution in [0, 0.1) is 0 Å². The van der Waals surface area contributed by atoms with Crippen LogP contribution < -0.4 is 0 Å². The molecule has 0 fully saturated rings. The monoisotopic (exact) mass is 281 g/mol. The molecule has 2 aromatic rings. The number of aromatic nitrogens is 3. The van der Waals surface area contributed by atoms with Gasteiger partial charge in [-0.1, -0.05) is 0 Å². The summed E-state index contributed by atoms with van der Waals surface area (Å²) in [4.78, 5) is 14.9. The Balaban J connectivity index is 2.54. The van der Waals surface area contributed by atoms with Gasteiger partial charge in [0.25, 0.3) is 0 Å². The molecule has 0 radical (unpaired) electrons. The van der Waals surface area contributed by atoms with E-state index in [1.807, 2.05) is 6.07 Å². The van der Waals surface area contributed by atoms with Crippen molar-refractivity contribution in [2.75, 3.05) is 0 Å². The maximum absolute atomic E-state index is 10.9. The van der Waals surface area contributed by atoms with Gasteiger partial charge in [0, 0.05) is 18.8 Å². The van der Waals surface area contributed by atoms with E-state index in [4.69, 9.17) is 5.11 Å². The molecule has 2 aromatic heterocycles. The van der Waals surface area contributed by atoms with E-state index >= 15 is 0 Å². The topological polar surface area (TPSA) is 68.0 Å². The third-order valence-electron chi connectivity index (χ3n) is 2.13. The molecule has 5 nitrogen and oxygen atoms in total. The van der Waals surface area contributed by atoms with E-state index in [1.54, 1.807) is 19.3 Å². The molecule has 0 aromatic carbocycles. The SMILES string of the molecule is Cn1nc(-c2cccnc2Br)cc1C(=O)O. The van der Waals surface area contributed by atoms with Gasteiger partial charge in [-0.2, -0.15) is 5.10 Å². The van der Waals surface area contributed by atoms with Crippen molar-refractivity contribution in [1.29, 1.82) is 0 Å². The predicted octanol–water partition coefficient (Wildman–Crippen LogP) is 1.94. The van der Waals surface area contributed by atoms with Crippen LogP contribution in [0.15, 0.2) is 29.0 Å². The fraction of sp³-hybridized carbons (Fsp3) is 0.100. The third-order valence-corrected chi connectivity index (χ3v) is 2.77. The van der Waals surface area contributed by atoms with E-state index < -0.39 is 5.97 Å². The van der Waals surface area contributed by atoms with E-state index in [0.29, 0.717) is 10.3 Å². The highest BCUT2D eigenvalue weighted by Gasteiger charge is 2.14. The molecule has 0 aliphatic rings. The standard InChI is InChI=1S/C10H8BrN3O2/c1-14-8(10(15)16)5-7(13-14)6-3-2-4-12-9(6)11/h2-5H,1H3,(H,15,16). The summed E-state index contributed by atoms with van der Waals surface area (Å²) < 4.78 is 1.97. The molecule has 0 amide bonds. The van der Waals surface area contributed by atoms with Crippen LogP contribution in [0.4, 0.5) is 0 Å². The summed E-state index contributed by atoms with van der Waals surface area (Å²) in [6.07, 6.45) is 1.65. The fourth-order valence-corrected chi connectivity index (χ4v) is 1.83. The van der Waals surface area contributed by atoms with E-state index in [1.165, 1.54) is 10.7 Å². The number of rotatable bonds is 2. The second kappa shape index (κ2) is 4.05. The predicted molar refractivity (Wildman–Crippen MR) is 61.1 cm³/mol. The number of nitrogens with zero attached hydrogens (tertiary/aromatic N) is 3. The fourth-order valence-electron chi connectivity index (χ4n) is 1.38. The van der Waals surface area contributed by atoms with Crippen LogP contribution in [-0.4, -0.2) is 25.8 Å². The van der Waals surface area contributed by atoms with Crippen molar-refractivity contribution in [3.05, 3.63) is 34.7 Å². The molecule has 0 aliphatic carbocycles. The van der Waals surface area contributed by atoms with Crippen LogP contribution in [0.25, 0.3) is 11.3 Å². The average Bonchev–Trinajstić information content (AvgIpc) is 2.61. The van der Waals surface area contributed by atoms with E-state index in [0.717, 1.165) is 5.56 Å². The maximum atomic E-state index is 10.9. The first-order chi connectivity index (χ1) is 7.59. The van der Waals surface area contributed by atoms with Crippen LogP contribution in [0.5, 0.6) is 0 Å². The normalized spacial score (nSPS) is 10.4. The van der Waals surface area contributed by atoms with Crippen LogP contribution in [0.2, 0.25) is 0 Å². The number of carbonyl (C=O) groups is 1. The minimum atomic E-state index is -0.999. The van der Waals surface area contributed by atoms with Crippen molar-refractivity contribution in [3.8, 4) is 11.3 Å². The van der Waals surface area contributed by atoms with Crippen molar-refractivity contribution in [2.45, 2.75) is 0 Å². The minimum absolute atomic E-state index is 0.144. The molecular formula is C10H8BrN3O2. The molecule has 0 saturated heterocycles. The lowest BCUT2D eigenvalue weighted by atomic mass is 10.2. The Morgan fingerprint density at radius 3 is 2.88 bits per heavy atom. The Labute approximate surface area is 99.9 Å². The van der Waals surface area contributed by atoms with Gasteiger partial charge < -0.3 is 5.11 Å². The summed E-state index contributed by atoms with van der Waals surface area (Å²) in [6.45, 7) is 0. The third kappa shape index (κ3) is 1.83. The molecule has 2 heterocycles. The van der Waals surface area contributed by atoms with E-state index in [9.17, 15) is 4.79 Å². The Hall–Kier alpha value is -1.69. The molecule has 2 rings (SSSR count). The second-order valence-electron chi connectivity index (χ2n) is 3.19. The zero-order valence-corrected chi connectivity index (χ0v) is 9.97. The van der Waals surface area contributed by atoms with Crippen molar-refractivity contribution in [3.63, 3.8) is 0 Å².